The Balaban J connectivity index is 1.75. The topological polar surface area (TPSA) is 74.2 Å². The van der Waals surface area contributed by atoms with Crippen LogP contribution in [0.25, 0.3) is 0 Å². The molecule has 1 heterocycles. The summed E-state index contributed by atoms with van der Waals surface area (Å²) in [6, 6.07) is 3.16. The highest BCUT2D eigenvalue weighted by atomic mass is 19.4. The second kappa shape index (κ2) is 8.32. The molecule has 1 aromatic heterocycles. The summed E-state index contributed by atoms with van der Waals surface area (Å²) in [6.07, 6.45) is -0.561. The summed E-state index contributed by atoms with van der Waals surface area (Å²) in [5, 5.41) is 14.4. The molecule has 0 aliphatic heterocycles. The number of amides is 2. The van der Waals surface area contributed by atoms with E-state index in [1.54, 1.807) is 0 Å². The number of aliphatic hydroxyl groups excluding tert-OH is 1. The molecule has 1 aliphatic carbocycles. The number of urea groups is 1. The fourth-order valence-corrected chi connectivity index (χ4v) is 2.96. The van der Waals surface area contributed by atoms with Gasteiger partial charge in [-0.15, -0.1) is 0 Å². The summed E-state index contributed by atoms with van der Waals surface area (Å²) in [5.74, 6) is 0.622. The molecular weight excluding hydrogens is 323 g/mol. The molecule has 1 fully saturated rings. The minimum atomic E-state index is -4.50. The molecule has 2 rings (SSSR count). The number of aromatic nitrogens is 1. The zero-order chi connectivity index (χ0) is 17.6. The van der Waals surface area contributed by atoms with Crippen LogP contribution in [0.2, 0.25) is 0 Å². The number of aliphatic hydroxyl groups is 1. The molecule has 0 radical (unpaired) electrons. The first-order valence-electron chi connectivity index (χ1n) is 8.04. The molecule has 24 heavy (non-hydrogen) atoms. The van der Waals surface area contributed by atoms with E-state index in [4.69, 9.17) is 0 Å². The van der Waals surface area contributed by atoms with E-state index in [0.717, 1.165) is 31.7 Å². The van der Waals surface area contributed by atoms with E-state index in [9.17, 15) is 23.1 Å². The predicted octanol–water partition coefficient (Wildman–Crippen LogP) is 2.70. The Kier molecular flexibility index (Phi) is 6.42. The maximum atomic E-state index is 12.6. The molecule has 5 nitrogen and oxygen atoms in total. The number of alkyl halides is 3. The number of hydrogen-bond acceptors (Lipinski definition) is 3. The summed E-state index contributed by atoms with van der Waals surface area (Å²) in [6.45, 7) is 0.599. The molecule has 0 spiro atoms. The van der Waals surface area contributed by atoms with Gasteiger partial charge in [-0.05, 0) is 43.2 Å². The summed E-state index contributed by atoms with van der Waals surface area (Å²) >= 11 is 0. The fourth-order valence-electron chi connectivity index (χ4n) is 2.96. The Hall–Kier alpha value is -1.83. The van der Waals surface area contributed by atoms with Crippen molar-refractivity contribution in [1.29, 1.82) is 0 Å². The van der Waals surface area contributed by atoms with Crippen LogP contribution in [0.15, 0.2) is 18.2 Å². The normalized spacial score (nSPS) is 21.3. The van der Waals surface area contributed by atoms with Gasteiger partial charge in [0.15, 0.2) is 0 Å². The lowest BCUT2D eigenvalue weighted by molar-refractivity contribution is -0.141. The average Bonchev–Trinajstić information content (AvgIpc) is 2.58. The first kappa shape index (κ1) is 18.5. The molecule has 0 bridgehead atoms. The molecule has 134 valence electrons. The van der Waals surface area contributed by atoms with Crippen LogP contribution in [-0.2, 0) is 12.7 Å². The van der Waals surface area contributed by atoms with Crippen LogP contribution in [0.4, 0.5) is 18.0 Å². The fraction of sp³-hybridized carbons (Fsp3) is 0.625. The maximum absolute atomic E-state index is 12.6. The van der Waals surface area contributed by atoms with Crippen LogP contribution in [-0.4, -0.2) is 29.3 Å². The lowest BCUT2D eigenvalue weighted by atomic mass is 9.82. The number of hydrogen-bond donors (Lipinski definition) is 3. The minimum absolute atomic E-state index is 0.0698. The number of carbonyl (C=O) groups excluding carboxylic acids is 1. The number of nitrogens with one attached hydrogen (secondary N) is 2. The Morgan fingerprint density at radius 1 is 1.25 bits per heavy atom. The van der Waals surface area contributed by atoms with E-state index < -0.39 is 17.9 Å². The molecule has 0 unspecified atom stereocenters. The van der Waals surface area contributed by atoms with Gasteiger partial charge in [-0.3, -0.25) is 0 Å². The number of halogens is 3. The molecular formula is C16H22F3N3O2. The highest BCUT2D eigenvalue weighted by Gasteiger charge is 2.32. The van der Waals surface area contributed by atoms with Crippen molar-refractivity contribution in [2.75, 3.05) is 13.2 Å². The van der Waals surface area contributed by atoms with Gasteiger partial charge < -0.3 is 15.7 Å². The van der Waals surface area contributed by atoms with Gasteiger partial charge in [0.2, 0.25) is 0 Å². The summed E-state index contributed by atoms with van der Waals surface area (Å²) in [5.41, 5.74) is -0.822. The smallest absolute Gasteiger partial charge is 0.396 e. The lowest BCUT2D eigenvalue weighted by Crippen LogP contribution is -2.39. The van der Waals surface area contributed by atoms with E-state index in [0.29, 0.717) is 18.4 Å². The van der Waals surface area contributed by atoms with Crippen molar-refractivity contribution < 1.29 is 23.1 Å². The SMILES string of the molecule is O=C(NCc1cccc(C(F)(F)F)n1)NC[C@H]1CCC[C@@H](CO)C1. The number of carbonyl (C=O) groups is 1. The Morgan fingerprint density at radius 3 is 2.71 bits per heavy atom. The van der Waals surface area contributed by atoms with E-state index >= 15 is 0 Å². The van der Waals surface area contributed by atoms with Crippen LogP contribution in [0.5, 0.6) is 0 Å². The van der Waals surface area contributed by atoms with Crippen LogP contribution < -0.4 is 10.6 Å². The minimum Gasteiger partial charge on any atom is -0.396 e. The number of nitrogens with zero attached hydrogens (tertiary/aromatic N) is 1. The third-order valence-corrected chi connectivity index (χ3v) is 4.23. The van der Waals surface area contributed by atoms with Crippen molar-refractivity contribution >= 4 is 6.03 Å². The second-order valence-electron chi connectivity index (χ2n) is 6.16. The summed E-state index contributed by atoms with van der Waals surface area (Å²) in [7, 11) is 0. The number of pyridine rings is 1. The molecule has 2 amide bonds. The Morgan fingerprint density at radius 2 is 2.00 bits per heavy atom. The first-order valence-corrected chi connectivity index (χ1v) is 8.04. The van der Waals surface area contributed by atoms with Gasteiger partial charge in [0.1, 0.15) is 5.69 Å². The van der Waals surface area contributed by atoms with Gasteiger partial charge in [-0.2, -0.15) is 13.2 Å². The molecule has 3 N–H and O–H groups in total. The van der Waals surface area contributed by atoms with Crippen LogP contribution in [0.1, 0.15) is 37.1 Å². The van der Waals surface area contributed by atoms with Crippen LogP contribution >= 0.6 is 0 Å². The monoisotopic (exact) mass is 345 g/mol. The van der Waals surface area contributed by atoms with Gasteiger partial charge in [0.05, 0.1) is 12.2 Å². The second-order valence-corrected chi connectivity index (χ2v) is 6.16. The van der Waals surface area contributed by atoms with Gasteiger partial charge >= 0.3 is 12.2 Å². The quantitative estimate of drug-likeness (QED) is 0.768. The van der Waals surface area contributed by atoms with Crippen molar-refractivity contribution in [3.8, 4) is 0 Å². The first-order chi connectivity index (χ1) is 11.4. The third-order valence-electron chi connectivity index (χ3n) is 4.23. The van der Waals surface area contributed by atoms with Gasteiger partial charge in [0.25, 0.3) is 0 Å². The van der Waals surface area contributed by atoms with E-state index in [1.807, 2.05) is 0 Å². The average molecular weight is 345 g/mol. The van der Waals surface area contributed by atoms with Crippen molar-refractivity contribution in [2.45, 2.75) is 38.4 Å². The molecule has 2 atom stereocenters. The van der Waals surface area contributed by atoms with Crippen LogP contribution in [0.3, 0.4) is 0 Å². The zero-order valence-electron chi connectivity index (χ0n) is 13.3. The van der Waals surface area contributed by atoms with Gasteiger partial charge in [-0.25, -0.2) is 9.78 Å². The molecule has 8 heteroatoms. The standard InChI is InChI=1S/C16H22F3N3O2/c17-16(18,19)14-6-2-5-13(22-14)9-21-15(24)20-8-11-3-1-4-12(7-11)10-23/h2,5-6,11-12,23H,1,3-4,7-10H2,(H2,20,21,24)/t11-,12+/m0/s1. The highest BCUT2D eigenvalue weighted by Crippen LogP contribution is 2.28. The molecule has 1 aliphatic rings. The largest absolute Gasteiger partial charge is 0.433 e. The summed E-state index contributed by atoms with van der Waals surface area (Å²) < 4.78 is 37.7. The molecule has 0 saturated heterocycles. The van der Waals surface area contributed by atoms with E-state index in [1.165, 1.54) is 12.1 Å². The highest BCUT2D eigenvalue weighted by molar-refractivity contribution is 5.73. The predicted molar refractivity (Wildman–Crippen MR) is 82.0 cm³/mol. The third kappa shape index (κ3) is 5.67. The van der Waals surface area contributed by atoms with Gasteiger partial charge in [0, 0.05) is 13.2 Å². The summed E-state index contributed by atoms with van der Waals surface area (Å²) in [4.78, 5) is 15.3. The van der Waals surface area contributed by atoms with Crippen molar-refractivity contribution in [1.82, 2.24) is 15.6 Å². The van der Waals surface area contributed by atoms with Crippen molar-refractivity contribution in [3.63, 3.8) is 0 Å². The van der Waals surface area contributed by atoms with E-state index in [-0.39, 0.29) is 18.8 Å². The lowest BCUT2D eigenvalue weighted by Gasteiger charge is -2.27. The molecule has 1 saturated carbocycles. The molecule has 1 aromatic rings. The maximum Gasteiger partial charge on any atom is 0.433 e. The van der Waals surface area contributed by atoms with E-state index in [2.05, 4.69) is 15.6 Å². The van der Waals surface area contributed by atoms with Gasteiger partial charge in [-0.1, -0.05) is 12.5 Å². The van der Waals surface area contributed by atoms with Crippen molar-refractivity contribution in [2.24, 2.45) is 11.8 Å². The van der Waals surface area contributed by atoms with Crippen molar-refractivity contribution in [3.05, 3.63) is 29.6 Å². The van der Waals surface area contributed by atoms with Crippen LogP contribution in [0, 0.1) is 11.8 Å². The zero-order valence-corrected chi connectivity index (χ0v) is 13.3. The number of rotatable bonds is 5. The molecule has 0 aromatic carbocycles. The Labute approximate surface area is 138 Å². The Bertz CT molecular complexity index is 552.